The fourth-order valence-corrected chi connectivity index (χ4v) is 0.711. The lowest BCUT2D eigenvalue weighted by Crippen LogP contribution is -2.35. The highest BCUT2D eigenvalue weighted by atomic mass is 16.5. The van der Waals surface area contributed by atoms with Gasteiger partial charge in [0.25, 0.3) is 6.47 Å². The third kappa shape index (κ3) is 3.17. The fraction of sp³-hybridized carbons (Fsp3) is 0.857. The van der Waals surface area contributed by atoms with Gasteiger partial charge in [0.05, 0.1) is 26.4 Å². The summed E-state index contributed by atoms with van der Waals surface area (Å²) < 4.78 is 4.38. The molecule has 0 heterocycles. The van der Waals surface area contributed by atoms with E-state index in [1.54, 1.807) is 0 Å². The molecular formula is C7H14O5. The molecule has 0 saturated carbocycles. The fourth-order valence-electron chi connectivity index (χ4n) is 0.711. The Bertz CT molecular complexity index is 113. The first-order valence-corrected chi connectivity index (χ1v) is 3.62. The third-order valence-corrected chi connectivity index (χ3v) is 1.82. The third-order valence-electron chi connectivity index (χ3n) is 1.82. The molecule has 0 fully saturated rings. The van der Waals surface area contributed by atoms with Crippen LogP contribution in [0.5, 0.6) is 0 Å². The van der Waals surface area contributed by atoms with Gasteiger partial charge in [0.15, 0.2) is 0 Å². The van der Waals surface area contributed by atoms with Crippen LogP contribution in [0.15, 0.2) is 0 Å². The summed E-state index contributed by atoms with van der Waals surface area (Å²) in [6.07, 6.45) is 0.245. The molecule has 0 bridgehead atoms. The number of carbonyl (C=O) groups is 1. The summed E-state index contributed by atoms with van der Waals surface area (Å²) in [6, 6.07) is 0. The molecule has 12 heavy (non-hydrogen) atoms. The van der Waals surface area contributed by atoms with Crippen molar-refractivity contribution in [2.24, 2.45) is 5.41 Å². The van der Waals surface area contributed by atoms with Gasteiger partial charge in [0, 0.05) is 5.41 Å². The maximum Gasteiger partial charge on any atom is 0.293 e. The predicted octanol–water partition coefficient (Wildman–Crippen LogP) is -1.49. The van der Waals surface area contributed by atoms with Gasteiger partial charge in [-0.2, -0.15) is 0 Å². The van der Waals surface area contributed by atoms with E-state index in [1.807, 2.05) is 0 Å². The largest absolute Gasteiger partial charge is 0.468 e. The number of rotatable bonds is 7. The standard InChI is InChI=1S/C7H14O5/c8-3-7(4-9,5-10)1-2-12-6-11/h6,8-10H,1-5H2. The van der Waals surface area contributed by atoms with Crippen molar-refractivity contribution >= 4 is 6.47 Å². The zero-order valence-electron chi connectivity index (χ0n) is 6.77. The lowest BCUT2D eigenvalue weighted by molar-refractivity contribution is -0.130. The van der Waals surface area contributed by atoms with Crippen molar-refractivity contribution in [3.8, 4) is 0 Å². The Morgan fingerprint density at radius 2 is 1.67 bits per heavy atom. The van der Waals surface area contributed by atoms with Crippen LogP contribution in [0.2, 0.25) is 0 Å². The Kier molecular flexibility index (Phi) is 5.61. The van der Waals surface area contributed by atoms with Crippen LogP contribution in [0.4, 0.5) is 0 Å². The average molecular weight is 178 g/mol. The van der Waals surface area contributed by atoms with Gasteiger partial charge in [0.2, 0.25) is 0 Å². The lowest BCUT2D eigenvalue weighted by atomic mass is 9.88. The lowest BCUT2D eigenvalue weighted by Gasteiger charge is -2.26. The molecule has 0 atom stereocenters. The molecule has 0 radical (unpaired) electrons. The summed E-state index contributed by atoms with van der Waals surface area (Å²) in [4.78, 5) is 9.75. The van der Waals surface area contributed by atoms with Crippen LogP contribution >= 0.6 is 0 Å². The first kappa shape index (κ1) is 11.4. The molecule has 0 aliphatic heterocycles. The van der Waals surface area contributed by atoms with Gasteiger partial charge in [-0.05, 0) is 6.42 Å². The minimum Gasteiger partial charge on any atom is -0.468 e. The molecule has 0 rings (SSSR count). The highest BCUT2D eigenvalue weighted by Crippen LogP contribution is 2.19. The van der Waals surface area contributed by atoms with Crippen molar-refractivity contribution in [3.63, 3.8) is 0 Å². The van der Waals surface area contributed by atoms with E-state index >= 15 is 0 Å². The van der Waals surface area contributed by atoms with Crippen LogP contribution in [0.1, 0.15) is 6.42 Å². The summed E-state index contributed by atoms with van der Waals surface area (Å²) in [6.45, 7) is -0.616. The minimum atomic E-state index is -0.941. The first-order chi connectivity index (χ1) is 5.74. The molecule has 0 amide bonds. The van der Waals surface area contributed by atoms with Crippen molar-refractivity contribution < 1.29 is 24.9 Å². The van der Waals surface area contributed by atoms with Crippen molar-refractivity contribution in [2.45, 2.75) is 6.42 Å². The molecule has 0 spiro atoms. The number of ether oxygens (including phenoxy) is 1. The first-order valence-electron chi connectivity index (χ1n) is 3.62. The van der Waals surface area contributed by atoms with Gasteiger partial charge in [-0.3, -0.25) is 4.79 Å². The molecule has 5 nitrogen and oxygen atoms in total. The average Bonchev–Trinajstić information content (AvgIpc) is 2.14. The van der Waals surface area contributed by atoms with Crippen LogP contribution in [-0.2, 0) is 9.53 Å². The van der Waals surface area contributed by atoms with Crippen molar-refractivity contribution in [1.82, 2.24) is 0 Å². The molecule has 0 saturated heterocycles. The Hall–Kier alpha value is -0.650. The maximum atomic E-state index is 9.75. The molecule has 0 aliphatic rings. The Morgan fingerprint density at radius 1 is 1.17 bits per heavy atom. The van der Waals surface area contributed by atoms with Crippen molar-refractivity contribution in [2.75, 3.05) is 26.4 Å². The van der Waals surface area contributed by atoms with Crippen molar-refractivity contribution in [1.29, 1.82) is 0 Å². The van der Waals surface area contributed by atoms with Crippen LogP contribution < -0.4 is 0 Å². The van der Waals surface area contributed by atoms with E-state index in [0.29, 0.717) is 0 Å². The van der Waals surface area contributed by atoms with Gasteiger partial charge < -0.3 is 20.1 Å². The van der Waals surface area contributed by atoms with Crippen LogP contribution in [-0.4, -0.2) is 48.2 Å². The molecule has 3 N–H and O–H groups in total. The van der Waals surface area contributed by atoms with E-state index in [9.17, 15) is 4.79 Å². The van der Waals surface area contributed by atoms with E-state index in [2.05, 4.69) is 4.74 Å². The Morgan fingerprint density at radius 3 is 2.00 bits per heavy atom. The zero-order chi connectivity index (χ0) is 9.45. The predicted molar refractivity (Wildman–Crippen MR) is 40.3 cm³/mol. The summed E-state index contributed by atoms with van der Waals surface area (Å²) >= 11 is 0. The van der Waals surface area contributed by atoms with E-state index in [1.165, 1.54) is 0 Å². The zero-order valence-corrected chi connectivity index (χ0v) is 6.77. The van der Waals surface area contributed by atoms with Gasteiger partial charge in [0.1, 0.15) is 0 Å². The molecule has 0 aromatic carbocycles. The van der Waals surface area contributed by atoms with E-state index in [-0.39, 0.29) is 39.3 Å². The quantitative estimate of drug-likeness (QED) is 0.326. The molecule has 0 aromatic rings. The second-order valence-electron chi connectivity index (χ2n) is 2.69. The van der Waals surface area contributed by atoms with Crippen LogP contribution in [0, 0.1) is 5.41 Å². The van der Waals surface area contributed by atoms with Gasteiger partial charge in [-0.15, -0.1) is 0 Å². The highest BCUT2D eigenvalue weighted by Gasteiger charge is 2.27. The molecular weight excluding hydrogens is 164 g/mol. The number of carbonyl (C=O) groups excluding carboxylic acids is 1. The molecule has 0 aromatic heterocycles. The maximum absolute atomic E-state index is 9.75. The number of hydrogen-bond acceptors (Lipinski definition) is 5. The minimum absolute atomic E-state index is 0.0885. The molecule has 5 heteroatoms. The highest BCUT2D eigenvalue weighted by molar-refractivity contribution is 5.36. The van der Waals surface area contributed by atoms with Crippen LogP contribution in [0.3, 0.4) is 0 Å². The van der Waals surface area contributed by atoms with Crippen molar-refractivity contribution in [3.05, 3.63) is 0 Å². The topological polar surface area (TPSA) is 87.0 Å². The normalized spacial score (nSPS) is 11.2. The number of hydrogen-bond donors (Lipinski definition) is 3. The van der Waals surface area contributed by atoms with E-state index in [4.69, 9.17) is 15.3 Å². The summed E-state index contributed by atoms with van der Waals surface area (Å²) in [5.41, 5.74) is -0.941. The van der Waals surface area contributed by atoms with Gasteiger partial charge >= 0.3 is 0 Å². The van der Waals surface area contributed by atoms with E-state index in [0.717, 1.165) is 0 Å². The summed E-state index contributed by atoms with van der Waals surface area (Å²) in [7, 11) is 0. The van der Waals surface area contributed by atoms with Gasteiger partial charge in [-0.1, -0.05) is 0 Å². The van der Waals surface area contributed by atoms with E-state index < -0.39 is 5.41 Å². The summed E-state index contributed by atoms with van der Waals surface area (Å²) in [5, 5.41) is 26.4. The Labute approximate surface area is 70.6 Å². The summed E-state index contributed by atoms with van der Waals surface area (Å²) in [5.74, 6) is 0. The monoisotopic (exact) mass is 178 g/mol. The number of aliphatic hydroxyl groups excluding tert-OH is 3. The van der Waals surface area contributed by atoms with Gasteiger partial charge in [-0.25, -0.2) is 0 Å². The smallest absolute Gasteiger partial charge is 0.293 e. The van der Waals surface area contributed by atoms with Crippen LogP contribution in [0.25, 0.3) is 0 Å². The molecule has 0 unspecified atom stereocenters. The number of aliphatic hydroxyl groups is 3. The second kappa shape index (κ2) is 5.93. The second-order valence-corrected chi connectivity index (χ2v) is 2.69. The SMILES string of the molecule is O=COCCC(CO)(CO)CO. The molecule has 0 aliphatic carbocycles. The Balaban J connectivity index is 3.84. The molecule has 72 valence electrons.